The highest BCUT2D eigenvalue weighted by atomic mass is 16.4. The van der Waals surface area contributed by atoms with Crippen LogP contribution in [0.25, 0.3) is 0 Å². The lowest BCUT2D eigenvalue weighted by molar-refractivity contribution is -0.174. The van der Waals surface area contributed by atoms with Crippen LogP contribution in [0.5, 0.6) is 0 Å². The van der Waals surface area contributed by atoms with E-state index in [9.17, 15) is 19.8 Å². The number of carbonyl (C=O) groups excluding carboxylic acids is 1. The number of carboxylic acids is 1. The maximum absolute atomic E-state index is 12.3. The number of nitrogens with one attached hydrogen (secondary N) is 1. The molecule has 0 saturated heterocycles. The van der Waals surface area contributed by atoms with E-state index in [4.69, 9.17) is 10.2 Å². The Morgan fingerprint density at radius 3 is 2.35 bits per heavy atom. The fourth-order valence-electron chi connectivity index (χ4n) is 9.19. The summed E-state index contributed by atoms with van der Waals surface area (Å²) in [5.74, 6) is 1.06. The first-order chi connectivity index (χ1) is 16.0. The summed E-state index contributed by atoms with van der Waals surface area (Å²) in [6.07, 6.45) is 8.60. The monoisotopic (exact) mass is 479 g/mol. The molecule has 0 aromatic carbocycles. The Kier molecular flexibility index (Phi) is 7.39. The predicted molar refractivity (Wildman–Crippen MR) is 128 cm³/mol. The zero-order chi connectivity index (χ0) is 24.8. The number of aliphatic hydroxyl groups is 3. The van der Waals surface area contributed by atoms with Crippen molar-refractivity contribution in [2.45, 2.75) is 103 Å². The first-order valence-electron chi connectivity index (χ1n) is 13.5. The number of fused-ring (bicyclic) bond motifs is 5. The zero-order valence-corrected chi connectivity index (χ0v) is 21.1. The van der Waals surface area contributed by atoms with Crippen LogP contribution in [0.1, 0.15) is 85.0 Å². The first kappa shape index (κ1) is 25.9. The van der Waals surface area contributed by atoms with Crippen molar-refractivity contribution in [2.24, 2.45) is 46.3 Å². The maximum Gasteiger partial charge on any atom is 0.328 e. The third kappa shape index (κ3) is 4.41. The van der Waals surface area contributed by atoms with E-state index in [1.807, 2.05) is 0 Å². The van der Waals surface area contributed by atoms with Gasteiger partial charge in [0.25, 0.3) is 0 Å². The van der Waals surface area contributed by atoms with Gasteiger partial charge in [-0.15, -0.1) is 0 Å². The van der Waals surface area contributed by atoms with Crippen molar-refractivity contribution in [1.82, 2.24) is 5.32 Å². The van der Waals surface area contributed by atoms with Gasteiger partial charge in [0.1, 0.15) is 6.04 Å². The highest BCUT2D eigenvalue weighted by molar-refractivity contribution is 5.83. The Labute approximate surface area is 203 Å². The summed E-state index contributed by atoms with van der Waals surface area (Å²) in [4.78, 5) is 23.4. The topological polar surface area (TPSA) is 127 Å². The van der Waals surface area contributed by atoms with E-state index in [0.717, 1.165) is 51.4 Å². The SMILES string of the molecule is C[C@H](CCC(=O)NC(CO)C(=O)O)[C@H]1CC[C@H]2[C@@H]3[C@H](O)C[C@@H]4C[C@H](O)CC[C@]4(C)[C@H]3CC[C@]12C. The Morgan fingerprint density at radius 2 is 1.68 bits per heavy atom. The number of hydrogen-bond donors (Lipinski definition) is 5. The van der Waals surface area contributed by atoms with E-state index in [1.54, 1.807) is 0 Å². The highest BCUT2D eigenvalue weighted by Crippen LogP contribution is 2.68. The third-order valence-corrected chi connectivity index (χ3v) is 11.1. The van der Waals surface area contributed by atoms with Gasteiger partial charge in [-0.2, -0.15) is 0 Å². The van der Waals surface area contributed by atoms with Crippen LogP contribution in [0.2, 0.25) is 0 Å². The second-order valence-electron chi connectivity index (χ2n) is 12.6. The Hall–Kier alpha value is -1.18. The van der Waals surface area contributed by atoms with E-state index >= 15 is 0 Å². The van der Waals surface area contributed by atoms with Crippen molar-refractivity contribution in [2.75, 3.05) is 6.61 Å². The van der Waals surface area contributed by atoms with Crippen LogP contribution >= 0.6 is 0 Å². The van der Waals surface area contributed by atoms with Gasteiger partial charge in [-0.25, -0.2) is 4.79 Å². The summed E-state index contributed by atoms with van der Waals surface area (Å²) in [5, 5.41) is 42.2. The van der Waals surface area contributed by atoms with Gasteiger partial charge >= 0.3 is 5.97 Å². The minimum Gasteiger partial charge on any atom is -0.480 e. The number of rotatable bonds is 7. The normalized spacial score (nSPS) is 45.4. The first-order valence-corrected chi connectivity index (χ1v) is 13.5. The van der Waals surface area contributed by atoms with Gasteiger partial charge < -0.3 is 25.7 Å². The lowest BCUT2D eigenvalue weighted by atomic mass is 9.43. The zero-order valence-electron chi connectivity index (χ0n) is 21.1. The second kappa shape index (κ2) is 9.70. The van der Waals surface area contributed by atoms with Gasteiger partial charge in [0, 0.05) is 6.42 Å². The van der Waals surface area contributed by atoms with Crippen molar-refractivity contribution in [1.29, 1.82) is 0 Å². The molecule has 194 valence electrons. The van der Waals surface area contributed by atoms with Gasteiger partial charge in [-0.05, 0) is 104 Å². The van der Waals surface area contributed by atoms with E-state index in [1.165, 1.54) is 0 Å². The van der Waals surface area contributed by atoms with Gasteiger partial charge in [-0.1, -0.05) is 20.8 Å². The molecule has 7 nitrogen and oxygen atoms in total. The number of carbonyl (C=O) groups is 2. The minimum atomic E-state index is -1.25. The summed E-state index contributed by atoms with van der Waals surface area (Å²) >= 11 is 0. The Bertz CT molecular complexity index is 774. The lowest BCUT2D eigenvalue weighted by Gasteiger charge is -2.62. The van der Waals surface area contributed by atoms with E-state index < -0.39 is 18.6 Å². The molecule has 4 aliphatic carbocycles. The summed E-state index contributed by atoms with van der Waals surface area (Å²) in [6.45, 7) is 6.46. The van der Waals surface area contributed by atoms with Crippen LogP contribution < -0.4 is 5.32 Å². The number of hydrogen-bond acceptors (Lipinski definition) is 5. The molecule has 0 aromatic rings. The van der Waals surface area contributed by atoms with Crippen molar-refractivity contribution in [3.8, 4) is 0 Å². The van der Waals surface area contributed by atoms with Crippen LogP contribution in [-0.2, 0) is 9.59 Å². The molecular weight excluding hydrogens is 434 g/mol. The number of aliphatic hydroxyl groups excluding tert-OH is 3. The molecule has 4 rings (SSSR count). The molecule has 1 unspecified atom stereocenters. The smallest absolute Gasteiger partial charge is 0.328 e. The molecule has 5 N–H and O–H groups in total. The van der Waals surface area contributed by atoms with Crippen LogP contribution in [0.4, 0.5) is 0 Å². The molecular formula is C27H45NO6. The maximum atomic E-state index is 12.3. The molecule has 0 heterocycles. The molecule has 7 heteroatoms. The standard InChI is InChI=1S/C27H45NO6/c1-15(4-7-23(32)28-21(14-29)25(33)34)18-5-6-19-24-20(9-11-27(18,19)3)26(2)10-8-17(30)12-16(26)13-22(24)31/h15-22,24,29-31H,4-14H2,1-3H3,(H,28,32)(H,33,34)/t15-,16+,17-,18-,19+,20+,21?,22-,24+,26+,27-/m1/s1. The molecule has 4 aliphatic rings. The summed E-state index contributed by atoms with van der Waals surface area (Å²) in [5.41, 5.74) is 0.379. The van der Waals surface area contributed by atoms with E-state index in [0.29, 0.717) is 41.9 Å². The second-order valence-corrected chi connectivity index (χ2v) is 12.6. The molecule has 0 aliphatic heterocycles. The summed E-state index contributed by atoms with van der Waals surface area (Å²) in [6, 6.07) is -1.25. The third-order valence-electron chi connectivity index (χ3n) is 11.1. The molecule has 1 amide bonds. The average molecular weight is 480 g/mol. The minimum absolute atomic E-state index is 0.157. The van der Waals surface area contributed by atoms with Gasteiger partial charge in [0.05, 0.1) is 18.8 Å². The highest BCUT2D eigenvalue weighted by Gasteiger charge is 2.62. The fourth-order valence-corrected chi connectivity index (χ4v) is 9.19. The molecule has 4 fully saturated rings. The number of aliphatic carboxylic acids is 1. The van der Waals surface area contributed by atoms with Crippen molar-refractivity contribution in [3.63, 3.8) is 0 Å². The van der Waals surface area contributed by atoms with Gasteiger partial charge in [-0.3, -0.25) is 4.79 Å². The lowest BCUT2D eigenvalue weighted by Crippen LogP contribution is -2.58. The fraction of sp³-hybridized carbons (Fsp3) is 0.926. The molecule has 0 spiro atoms. The van der Waals surface area contributed by atoms with Crippen molar-refractivity contribution >= 4 is 11.9 Å². The predicted octanol–water partition coefficient (Wildman–Crippen LogP) is 2.96. The average Bonchev–Trinajstić information content (AvgIpc) is 3.14. The van der Waals surface area contributed by atoms with Gasteiger partial charge in [0.15, 0.2) is 0 Å². The quantitative estimate of drug-likeness (QED) is 0.382. The Morgan fingerprint density at radius 1 is 1.00 bits per heavy atom. The van der Waals surface area contributed by atoms with Crippen LogP contribution in [0.15, 0.2) is 0 Å². The van der Waals surface area contributed by atoms with Gasteiger partial charge in [0.2, 0.25) is 5.91 Å². The van der Waals surface area contributed by atoms with E-state index in [2.05, 4.69) is 26.1 Å². The molecule has 4 saturated carbocycles. The van der Waals surface area contributed by atoms with Crippen molar-refractivity contribution in [3.05, 3.63) is 0 Å². The molecule has 34 heavy (non-hydrogen) atoms. The molecule has 0 bridgehead atoms. The van der Waals surface area contributed by atoms with Crippen LogP contribution in [-0.4, -0.2) is 57.2 Å². The molecule has 0 radical (unpaired) electrons. The number of amides is 1. The van der Waals surface area contributed by atoms with Crippen molar-refractivity contribution < 1.29 is 30.0 Å². The molecule has 0 aromatic heterocycles. The van der Waals surface area contributed by atoms with Crippen LogP contribution in [0, 0.1) is 46.3 Å². The largest absolute Gasteiger partial charge is 0.480 e. The summed E-state index contributed by atoms with van der Waals surface area (Å²) < 4.78 is 0. The Balaban J connectivity index is 1.42. The van der Waals surface area contributed by atoms with Crippen LogP contribution in [0.3, 0.4) is 0 Å². The summed E-state index contributed by atoms with van der Waals surface area (Å²) in [7, 11) is 0. The van der Waals surface area contributed by atoms with E-state index in [-0.39, 0.29) is 35.4 Å². The molecule has 11 atom stereocenters. The number of carboxylic acid groups (broad SMARTS) is 1.